The highest BCUT2D eigenvalue weighted by atomic mass is 35.5. The third-order valence-electron chi connectivity index (χ3n) is 2.82. The van der Waals surface area contributed by atoms with E-state index in [1.807, 2.05) is 11.8 Å². The Kier molecular flexibility index (Phi) is 3.44. The minimum atomic E-state index is -0.405. The molecule has 88 valence electrons. The van der Waals surface area contributed by atoms with Gasteiger partial charge in [-0.1, -0.05) is 11.6 Å². The number of H-pyrrole nitrogens is 1. The summed E-state index contributed by atoms with van der Waals surface area (Å²) in [7, 11) is 0. The summed E-state index contributed by atoms with van der Waals surface area (Å²) in [6.45, 7) is 2.12. The number of aromatic nitrogens is 2. The van der Waals surface area contributed by atoms with Crippen LogP contribution in [0.15, 0.2) is 9.59 Å². The molecule has 1 unspecified atom stereocenters. The maximum Gasteiger partial charge on any atom is 0.329 e. The van der Waals surface area contributed by atoms with Gasteiger partial charge in [0.05, 0.1) is 0 Å². The van der Waals surface area contributed by atoms with Gasteiger partial charge in [-0.05, 0) is 30.8 Å². The third-order valence-corrected chi connectivity index (χ3v) is 4.43. The second kappa shape index (κ2) is 4.67. The largest absolute Gasteiger partial charge is 0.329 e. The van der Waals surface area contributed by atoms with Crippen molar-refractivity contribution in [3.63, 3.8) is 0 Å². The van der Waals surface area contributed by atoms with E-state index in [9.17, 15) is 9.59 Å². The molecule has 2 heterocycles. The van der Waals surface area contributed by atoms with Gasteiger partial charge in [0.25, 0.3) is 5.56 Å². The van der Waals surface area contributed by atoms with E-state index in [1.165, 1.54) is 4.57 Å². The number of hydrogen-bond acceptors (Lipinski definition) is 3. The minimum Gasteiger partial charge on any atom is -0.297 e. The molecule has 1 aromatic rings. The van der Waals surface area contributed by atoms with Crippen LogP contribution in [0.4, 0.5) is 0 Å². The Morgan fingerprint density at radius 2 is 2.31 bits per heavy atom. The predicted molar refractivity (Wildman–Crippen MR) is 66.5 cm³/mol. The quantitative estimate of drug-likeness (QED) is 0.815. The molecule has 0 saturated carbocycles. The fraction of sp³-hybridized carbons (Fsp3) is 0.600. The fourth-order valence-corrected chi connectivity index (χ4v) is 3.23. The van der Waals surface area contributed by atoms with Gasteiger partial charge in [-0.2, -0.15) is 11.8 Å². The molecule has 6 heteroatoms. The normalized spacial score (nSPS) is 20.2. The van der Waals surface area contributed by atoms with Crippen molar-refractivity contribution in [2.75, 3.05) is 11.5 Å². The van der Waals surface area contributed by atoms with Crippen LogP contribution in [0.5, 0.6) is 0 Å². The summed E-state index contributed by atoms with van der Waals surface area (Å²) in [6.07, 6.45) is 1.07. The maximum absolute atomic E-state index is 11.8. The van der Waals surface area contributed by atoms with Crippen molar-refractivity contribution in [2.24, 2.45) is 5.92 Å². The first-order chi connectivity index (χ1) is 7.59. The first-order valence-corrected chi connectivity index (χ1v) is 6.70. The average Bonchev–Trinajstić information content (AvgIpc) is 2.74. The highest BCUT2D eigenvalue weighted by Gasteiger charge is 2.18. The summed E-state index contributed by atoms with van der Waals surface area (Å²) >= 11 is 7.60. The van der Waals surface area contributed by atoms with Crippen molar-refractivity contribution in [3.8, 4) is 0 Å². The van der Waals surface area contributed by atoms with E-state index in [0.717, 1.165) is 17.9 Å². The lowest BCUT2D eigenvalue weighted by Crippen LogP contribution is -2.38. The SMILES string of the molecule is Cc1c(Cl)[nH]c(=O)n(CC2CCSC2)c1=O. The standard InChI is InChI=1S/C10H13ClN2O2S/c1-6-8(11)12-10(15)13(9(6)14)4-7-2-3-16-5-7/h7H,2-5H2,1H3,(H,12,15). The van der Waals surface area contributed by atoms with Crippen molar-refractivity contribution in [1.29, 1.82) is 0 Å². The molecule has 16 heavy (non-hydrogen) atoms. The summed E-state index contributed by atoms with van der Waals surface area (Å²) in [5, 5.41) is 0.145. The minimum absolute atomic E-state index is 0.145. The zero-order valence-corrected chi connectivity index (χ0v) is 10.5. The number of nitrogens with one attached hydrogen (secondary N) is 1. The van der Waals surface area contributed by atoms with Gasteiger partial charge < -0.3 is 0 Å². The lowest BCUT2D eigenvalue weighted by Gasteiger charge is -2.10. The van der Waals surface area contributed by atoms with Gasteiger partial charge in [-0.3, -0.25) is 14.3 Å². The number of nitrogens with zero attached hydrogens (tertiary/aromatic N) is 1. The topological polar surface area (TPSA) is 54.9 Å². The van der Waals surface area contributed by atoms with Crippen LogP contribution in [0.25, 0.3) is 0 Å². The van der Waals surface area contributed by atoms with Crippen LogP contribution in [0.3, 0.4) is 0 Å². The first-order valence-electron chi connectivity index (χ1n) is 5.16. The molecule has 0 amide bonds. The molecule has 0 radical (unpaired) electrons. The Balaban J connectivity index is 2.37. The molecular weight excluding hydrogens is 248 g/mol. The monoisotopic (exact) mass is 260 g/mol. The molecule has 1 aliphatic heterocycles. The highest BCUT2D eigenvalue weighted by Crippen LogP contribution is 2.23. The number of thioether (sulfide) groups is 1. The van der Waals surface area contributed by atoms with E-state index >= 15 is 0 Å². The van der Waals surface area contributed by atoms with Crippen LogP contribution in [0.2, 0.25) is 5.15 Å². The van der Waals surface area contributed by atoms with Crippen molar-refractivity contribution < 1.29 is 0 Å². The second-order valence-corrected chi connectivity index (χ2v) is 5.54. The predicted octanol–water partition coefficient (Wildman–Crippen LogP) is 1.25. The van der Waals surface area contributed by atoms with Gasteiger partial charge in [0, 0.05) is 12.1 Å². The van der Waals surface area contributed by atoms with Crippen molar-refractivity contribution in [3.05, 3.63) is 31.6 Å². The lowest BCUT2D eigenvalue weighted by molar-refractivity contribution is 0.466. The van der Waals surface area contributed by atoms with Crippen LogP contribution < -0.4 is 11.2 Å². The van der Waals surface area contributed by atoms with Crippen LogP contribution in [-0.4, -0.2) is 21.1 Å². The van der Waals surface area contributed by atoms with Crippen molar-refractivity contribution in [1.82, 2.24) is 9.55 Å². The number of hydrogen-bond donors (Lipinski definition) is 1. The molecule has 1 N–H and O–H groups in total. The maximum atomic E-state index is 11.8. The van der Waals surface area contributed by atoms with Crippen LogP contribution in [0.1, 0.15) is 12.0 Å². The second-order valence-electron chi connectivity index (χ2n) is 4.01. The summed E-state index contributed by atoms with van der Waals surface area (Å²) in [6, 6.07) is 0. The van der Waals surface area contributed by atoms with Gasteiger partial charge >= 0.3 is 5.69 Å². The van der Waals surface area contributed by atoms with Gasteiger partial charge in [-0.25, -0.2) is 4.79 Å². The smallest absolute Gasteiger partial charge is 0.297 e. The lowest BCUT2D eigenvalue weighted by atomic mass is 10.1. The van der Waals surface area contributed by atoms with Gasteiger partial charge in [0.1, 0.15) is 5.15 Å². The summed E-state index contributed by atoms with van der Waals surface area (Å²) in [5.41, 5.74) is -0.268. The Morgan fingerprint density at radius 1 is 1.56 bits per heavy atom. The van der Waals surface area contributed by atoms with Crippen molar-refractivity contribution in [2.45, 2.75) is 19.9 Å². The average molecular weight is 261 g/mol. The van der Waals surface area contributed by atoms with Crippen LogP contribution >= 0.6 is 23.4 Å². The molecule has 0 aromatic carbocycles. The number of halogens is 1. The van der Waals surface area contributed by atoms with E-state index in [4.69, 9.17) is 11.6 Å². The van der Waals surface area contributed by atoms with Gasteiger partial charge in [0.2, 0.25) is 0 Å². The van der Waals surface area contributed by atoms with E-state index in [-0.39, 0.29) is 10.7 Å². The Hall–Kier alpha value is -0.680. The number of aromatic amines is 1. The Labute approximate surface area is 102 Å². The fourth-order valence-electron chi connectivity index (χ4n) is 1.80. The van der Waals surface area contributed by atoms with E-state index in [0.29, 0.717) is 18.0 Å². The molecule has 0 bridgehead atoms. The number of rotatable bonds is 2. The van der Waals surface area contributed by atoms with Gasteiger partial charge in [-0.15, -0.1) is 0 Å². The molecule has 1 saturated heterocycles. The van der Waals surface area contributed by atoms with Gasteiger partial charge in [0.15, 0.2) is 0 Å². The molecule has 4 nitrogen and oxygen atoms in total. The molecule has 1 fully saturated rings. The molecule has 1 aliphatic rings. The first kappa shape index (κ1) is 11.8. The van der Waals surface area contributed by atoms with Crippen molar-refractivity contribution >= 4 is 23.4 Å². The molecule has 1 aromatic heterocycles. The zero-order chi connectivity index (χ0) is 11.7. The highest BCUT2D eigenvalue weighted by molar-refractivity contribution is 7.99. The van der Waals surface area contributed by atoms with E-state index < -0.39 is 5.69 Å². The van der Waals surface area contributed by atoms with Crippen LogP contribution in [-0.2, 0) is 6.54 Å². The third kappa shape index (κ3) is 2.20. The van der Waals surface area contributed by atoms with Crippen LogP contribution in [0, 0.1) is 12.8 Å². The van der Waals surface area contributed by atoms with E-state index in [2.05, 4.69) is 4.98 Å². The van der Waals surface area contributed by atoms with E-state index in [1.54, 1.807) is 6.92 Å². The summed E-state index contributed by atoms with van der Waals surface area (Å²) < 4.78 is 1.26. The molecule has 0 spiro atoms. The zero-order valence-electron chi connectivity index (χ0n) is 8.96. The summed E-state index contributed by atoms with van der Waals surface area (Å²) in [5.74, 6) is 2.56. The Bertz CT molecular complexity index is 503. The molecule has 1 atom stereocenters. The molecule has 2 rings (SSSR count). The summed E-state index contributed by atoms with van der Waals surface area (Å²) in [4.78, 5) is 26.0. The molecule has 0 aliphatic carbocycles. The molecular formula is C10H13ClN2O2S. The Morgan fingerprint density at radius 3 is 2.94 bits per heavy atom.